The van der Waals surface area contributed by atoms with Gasteiger partial charge in [-0.05, 0) is 13.0 Å². The van der Waals surface area contributed by atoms with E-state index < -0.39 is 4.92 Å². The molecule has 0 saturated carbocycles. The van der Waals surface area contributed by atoms with Crippen LogP contribution in [0.3, 0.4) is 0 Å². The van der Waals surface area contributed by atoms with Gasteiger partial charge in [-0.1, -0.05) is 0 Å². The summed E-state index contributed by atoms with van der Waals surface area (Å²) in [6.07, 6.45) is 3.01. The monoisotopic (exact) mass is 247 g/mol. The van der Waals surface area contributed by atoms with Gasteiger partial charge in [0.1, 0.15) is 12.7 Å². The molecule has 0 aliphatic carbocycles. The van der Waals surface area contributed by atoms with Gasteiger partial charge in [0.15, 0.2) is 0 Å². The van der Waals surface area contributed by atoms with Gasteiger partial charge in [0, 0.05) is 29.9 Å². The highest BCUT2D eigenvalue weighted by molar-refractivity contribution is 5.56. The molecule has 2 aromatic rings. The zero-order chi connectivity index (χ0) is 13.0. The Kier molecular flexibility index (Phi) is 3.52. The van der Waals surface area contributed by atoms with E-state index in [9.17, 15) is 10.1 Å². The van der Waals surface area contributed by atoms with E-state index >= 15 is 0 Å². The second-order valence-corrected chi connectivity index (χ2v) is 3.72. The van der Waals surface area contributed by atoms with Gasteiger partial charge in [-0.15, -0.1) is 0 Å². The number of hydrogen-bond acceptors (Lipinski definition) is 5. The van der Waals surface area contributed by atoms with Crippen LogP contribution in [0.5, 0.6) is 0 Å². The third kappa shape index (κ3) is 2.62. The van der Waals surface area contributed by atoms with Gasteiger partial charge in [-0.25, -0.2) is 9.67 Å². The van der Waals surface area contributed by atoms with Crippen LogP contribution in [0.15, 0.2) is 30.9 Å². The first-order valence-corrected chi connectivity index (χ1v) is 5.54. The second kappa shape index (κ2) is 5.26. The molecule has 0 saturated heterocycles. The Bertz CT molecular complexity index is 538. The van der Waals surface area contributed by atoms with Crippen molar-refractivity contribution >= 4 is 11.4 Å². The summed E-state index contributed by atoms with van der Waals surface area (Å²) < 4.78 is 1.62. The Balaban J connectivity index is 2.34. The van der Waals surface area contributed by atoms with E-state index in [0.717, 1.165) is 17.8 Å². The molecule has 0 unspecified atom stereocenters. The zero-order valence-corrected chi connectivity index (χ0v) is 9.91. The van der Waals surface area contributed by atoms with Crippen LogP contribution in [0.1, 0.15) is 12.5 Å². The summed E-state index contributed by atoms with van der Waals surface area (Å²) in [5, 5.41) is 17.9. The second-order valence-electron chi connectivity index (χ2n) is 3.72. The van der Waals surface area contributed by atoms with Crippen molar-refractivity contribution in [3.05, 3.63) is 46.5 Å². The maximum atomic E-state index is 10.8. The lowest BCUT2D eigenvalue weighted by molar-refractivity contribution is -0.384. The van der Waals surface area contributed by atoms with Crippen molar-refractivity contribution in [3.8, 4) is 0 Å². The number of non-ortho nitro benzene ring substituents is 1. The van der Waals surface area contributed by atoms with E-state index in [1.165, 1.54) is 12.4 Å². The van der Waals surface area contributed by atoms with Gasteiger partial charge in [0.25, 0.3) is 5.69 Å². The molecule has 7 nitrogen and oxygen atoms in total. The van der Waals surface area contributed by atoms with Crippen molar-refractivity contribution in [2.24, 2.45) is 0 Å². The van der Waals surface area contributed by atoms with Crippen LogP contribution >= 0.6 is 0 Å². The van der Waals surface area contributed by atoms with Gasteiger partial charge in [-0.3, -0.25) is 10.1 Å². The zero-order valence-electron chi connectivity index (χ0n) is 9.91. The molecule has 0 amide bonds. The van der Waals surface area contributed by atoms with E-state index in [0.29, 0.717) is 6.54 Å². The predicted octanol–water partition coefficient (Wildman–Crippen LogP) is 1.67. The molecule has 1 N–H and O–H groups in total. The number of nitrogens with one attached hydrogen (secondary N) is 1. The van der Waals surface area contributed by atoms with E-state index in [-0.39, 0.29) is 5.69 Å². The van der Waals surface area contributed by atoms with Crippen LogP contribution in [-0.4, -0.2) is 26.2 Å². The molecule has 1 aromatic carbocycles. The number of benzene rings is 1. The summed E-state index contributed by atoms with van der Waals surface area (Å²) >= 11 is 0. The molecular weight excluding hydrogens is 234 g/mol. The number of anilines is 1. The lowest BCUT2D eigenvalue weighted by Gasteiger charge is -2.10. The molecule has 1 heterocycles. The molecule has 0 bridgehead atoms. The van der Waals surface area contributed by atoms with E-state index in [1.807, 2.05) is 6.92 Å². The number of nitro benzene ring substituents is 1. The van der Waals surface area contributed by atoms with Crippen LogP contribution < -0.4 is 5.32 Å². The summed E-state index contributed by atoms with van der Waals surface area (Å²) in [5.74, 6) is 0. The quantitative estimate of drug-likeness (QED) is 0.641. The SMILES string of the molecule is CCNc1ccc([N+](=O)[O-])cc1Cn1cncn1. The van der Waals surface area contributed by atoms with Crippen LogP contribution in [0.4, 0.5) is 11.4 Å². The lowest BCUT2D eigenvalue weighted by atomic mass is 10.1. The molecule has 0 aliphatic heterocycles. The Morgan fingerprint density at radius 1 is 1.50 bits per heavy atom. The topological polar surface area (TPSA) is 85.9 Å². The maximum absolute atomic E-state index is 10.8. The molecule has 0 fully saturated rings. The van der Waals surface area contributed by atoms with Crippen molar-refractivity contribution in [3.63, 3.8) is 0 Å². The van der Waals surface area contributed by atoms with E-state index in [4.69, 9.17) is 0 Å². The molecule has 18 heavy (non-hydrogen) atoms. The Morgan fingerprint density at radius 2 is 2.33 bits per heavy atom. The third-order valence-corrected chi connectivity index (χ3v) is 2.47. The molecule has 1 aromatic heterocycles. The summed E-state index contributed by atoms with van der Waals surface area (Å²) in [5.41, 5.74) is 1.77. The predicted molar refractivity (Wildman–Crippen MR) is 66.4 cm³/mol. The highest BCUT2D eigenvalue weighted by atomic mass is 16.6. The van der Waals surface area contributed by atoms with Crippen molar-refractivity contribution in [1.82, 2.24) is 14.8 Å². The average molecular weight is 247 g/mol. The highest BCUT2D eigenvalue weighted by Crippen LogP contribution is 2.22. The third-order valence-electron chi connectivity index (χ3n) is 2.47. The van der Waals surface area contributed by atoms with Crippen LogP contribution in [0, 0.1) is 10.1 Å². The summed E-state index contributed by atoms with van der Waals surface area (Å²) in [6, 6.07) is 4.76. The highest BCUT2D eigenvalue weighted by Gasteiger charge is 2.11. The lowest BCUT2D eigenvalue weighted by Crippen LogP contribution is -2.06. The fourth-order valence-electron chi connectivity index (χ4n) is 1.68. The van der Waals surface area contributed by atoms with Gasteiger partial charge in [0.2, 0.25) is 0 Å². The smallest absolute Gasteiger partial charge is 0.269 e. The molecular formula is C11H13N5O2. The Labute approximate surface area is 104 Å². The Hall–Kier alpha value is -2.44. The van der Waals surface area contributed by atoms with Crippen LogP contribution in [0.25, 0.3) is 0 Å². The van der Waals surface area contributed by atoms with Crippen molar-refractivity contribution in [2.45, 2.75) is 13.5 Å². The first kappa shape index (κ1) is 12.0. The molecule has 94 valence electrons. The first-order chi connectivity index (χ1) is 8.70. The molecule has 0 atom stereocenters. The number of nitrogens with zero attached hydrogens (tertiary/aromatic N) is 4. The molecule has 0 spiro atoms. The summed E-state index contributed by atoms with van der Waals surface area (Å²) in [7, 11) is 0. The maximum Gasteiger partial charge on any atom is 0.269 e. The molecule has 7 heteroatoms. The van der Waals surface area contributed by atoms with Crippen molar-refractivity contribution in [1.29, 1.82) is 0 Å². The minimum atomic E-state index is -0.402. The van der Waals surface area contributed by atoms with Gasteiger partial charge >= 0.3 is 0 Å². The number of rotatable bonds is 5. The van der Waals surface area contributed by atoms with E-state index in [1.54, 1.807) is 23.1 Å². The summed E-state index contributed by atoms with van der Waals surface area (Å²) in [4.78, 5) is 14.2. The van der Waals surface area contributed by atoms with Gasteiger partial charge in [-0.2, -0.15) is 5.10 Å². The van der Waals surface area contributed by atoms with E-state index in [2.05, 4.69) is 15.4 Å². The molecule has 0 radical (unpaired) electrons. The van der Waals surface area contributed by atoms with Gasteiger partial charge in [0.05, 0.1) is 11.5 Å². The number of hydrogen-bond donors (Lipinski definition) is 1. The number of aromatic nitrogens is 3. The van der Waals surface area contributed by atoms with Crippen LogP contribution in [-0.2, 0) is 6.54 Å². The number of nitro groups is 1. The summed E-state index contributed by atoms with van der Waals surface area (Å²) in [6.45, 7) is 3.17. The average Bonchev–Trinajstić information content (AvgIpc) is 2.84. The minimum Gasteiger partial charge on any atom is -0.385 e. The normalized spacial score (nSPS) is 10.3. The Morgan fingerprint density at radius 3 is 2.94 bits per heavy atom. The standard InChI is InChI=1S/C11H13N5O2/c1-2-13-11-4-3-10(16(17)18)5-9(11)6-15-8-12-7-14-15/h3-5,7-8,13H,2,6H2,1H3. The largest absolute Gasteiger partial charge is 0.385 e. The first-order valence-electron chi connectivity index (χ1n) is 5.54. The molecule has 0 aliphatic rings. The fraction of sp³-hybridized carbons (Fsp3) is 0.273. The van der Waals surface area contributed by atoms with Gasteiger partial charge < -0.3 is 5.32 Å². The fourth-order valence-corrected chi connectivity index (χ4v) is 1.68. The molecule has 2 rings (SSSR count). The van der Waals surface area contributed by atoms with Crippen molar-refractivity contribution < 1.29 is 4.92 Å². The van der Waals surface area contributed by atoms with Crippen molar-refractivity contribution in [2.75, 3.05) is 11.9 Å². The van der Waals surface area contributed by atoms with Crippen LogP contribution in [0.2, 0.25) is 0 Å². The minimum absolute atomic E-state index is 0.0757.